The van der Waals surface area contributed by atoms with Crippen LogP contribution >= 0.6 is 0 Å². The number of urea groups is 1. The maximum absolute atomic E-state index is 12.4. The van der Waals surface area contributed by atoms with Crippen molar-refractivity contribution in [2.24, 2.45) is 5.92 Å². The van der Waals surface area contributed by atoms with Crippen LogP contribution in [0, 0.1) is 5.92 Å². The van der Waals surface area contributed by atoms with Crippen molar-refractivity contribution in [3.8, 4) is 0 Å². The molecule has 2 amide bonds. The first kappa shape index (κ1) is 15.0. The molecule has 0 radical (unpaired) electrons. The van der Waals surface area contributed by atoms with E-state index in [9.17, 15) is 9.59 Å². The van der Waals surface area contributed by atoms with Gasteiger partial charge in [0.05, 0.1) is 13.2 Å². The quantitative estimate of drug-likeness (QED) is 0.786. The number of nitrogens with zero attached hydrogens (tertiary/aromatic N) is 2. The van der Waals surface area contributed by atoms with Crippen molar-refractivity contribution in [3.63, 3.8) is 0 Å². The van der Waals surface area contributed by atoms with Crippen LogP contribution in [-0.4, -0.2) is 61.0 Å². The molecule has 1 aromatic rings. The van der Waals surface area contributed by atoms with Gasteiger partial charge in [0.2, 0.25) is 0 Å². The first-order chi connectivity index (χ1) is 10.8. The SMILES string of the molecule is O=C(c1ccccc1)C1CCN(C(=O)N2CCOCC2)CC1. The van der Waals surface area contributed by atoms with E-state index in [1.165, 1.54) is 0 Å². The highest BCUT2D eigenvalue weighted by molar-refractivity contribution is 5.97. The average Bonchev–Trinajstić information content (AvgIpc) is 2.62. The summed E-state index contributed by atoms with van der Waals surface area (Å²) in [4.78, 5) is 28.6. The van der Waals surface area contributed by atoms with Crippen molar-refractivity contribution in [3.05, 3.63) is 35.9 Å². The molecular weight excluding hydrogens is 280 g/mol. The van der Waals surface area contributed by atoms with Gasteiger partial charge >= 0.3 is 6.03 Å². The summed E-state index contributed by atoms with van der Waals surface area (Å²) in [5, 5.41) is 0. The van der Waals surface area contributed by atoms with E-state index < -0.39 is 0 Å². The lowest BCUT2D eigenvalue weighted by atomic mass is 9.89. The summed E-state index contributed by atoms with van der Waals surface area (Å²) < 4.78 is 5.28. The van der Waals surface area contributed by atoms with Crippen molar-refractivity contribution in [1.29, 1.82) is 0 Å². The number of likely N-dealkylation sites (tertiary alicyclic amines) is 1. The Morgan fingerprint density at radius 1 is 0.909 bits per heavy atom. The number of morpholine rings is 1. The lowest BCUT2D eigenvalue weighted by Gasteiger charge is -2.36. The molecule has 0 aliphatic carbocycles. The maximum atomic E-state index is 12.4. The van der Waals surface area contributed by atoms with E-state index in [2.05, 4.69) is 0 Å². The van der Waals surface area contributed by atoms with Gasteiger partial charge < -0.3 is 14.5 Å². The van der Waals surface area contributed by atoms with Gasteiger partial charge in [-0.15, -0.1) is 0 Å². The summed E-state index contributed by atoms with van der Waals surface area (Å²) in [6, 6.07) is 9.53. The highest BCUT2D eigenvalue weighted by Gasteiger charge is 2.30. The molecule has 5 nitrogen and oxygen atoms in total. The van der Waals surface area contributed by atoms with Gasteiger partial charge in [-0.2, -0.15) is 0 Å². The Morgan fingerprint density at radius 3 is 2.14 bits per heavy atom. The molecule has 118 valence electrons. The van der Waals surface area contributed by atoms with E-state index in [-0.39, 0.29) is 17.7 Å². The number of benzene rings is 1. The Balaban J connectivity index is 1.54. The Kier molecular flexibility index (Phi) is 4.73. The second-order valence-electron chi connectivity index (χ2n) is 5.87. The standard InChI is InChI=1S/C17H22N2O3/c20-16(14-4-2-1-3-5-14)15-6-8-18(9-7-15)17(21)19-10-12-22-13-11-19/h1-5,15H,6-13H2. The molecule has 2 saturated heterocycles. The molecule has 5 heteroatoms. The molecule has 2 fully saturated rings. The summed E-state index contributed by atoms with van der Waals surface area (Å²) >= 11 is 0. The molecule has 0 aromatic heterocycles. The van der Waals surface area contributed by atoms with Crippen molar-refractivity contribution in [2.75, 3.05) is 39.4 Å². The highest BCUT2D eigenvalue weighted by Crippen LogP contribution is 2.22. The van der Waals surface area contributed by atoms with E-state index in [1.807, 2.05) is 40.1 Å². The molecule has 2 aliphatic rings. The van der Waals surface area contributed by atoms with Gasteiger partial charge in [0.15, 0.2) is 5.78 Å². The summed E-state index contributed by atoms with van der Waals surface area (Å²) in [7, 11) is 0. The minimum atomic E-state index is 0.0381. The van der Waals surface area contributed by atoms with Crippen LogP contribution in [0.25, 0.3) is 0 Å². The zero-order valence-corrected chi connectivity index (χ0v) is 12.7. The second-order valence-corrected chi connectivity index (χ2v) is 5.87. The fourth-order valence-electron chi connectivity index (χ4n) is 3.13. The van der Waals surface area contributed by atoms with Crippen molar-refractivity contribution < 1.29 is 14.3 Å². The molecule has 0 unspecified atom stereocenters. The first-order valence-corrected chi connectivity index (χ1v) is 7.96. The maximum Gasteiger partial charge on any atom is 0.320 e. The summed E-state index contributed by atoms with van der Waals surface area (Å²) in [5.74, 6) is 0.246. The van der Waals surface area contributed by atoms with Crippen LogP contribution < -0.4 is 0 Å². The lowest BCUT2D eigenvalue weighted by molar-refractivity contribution is 0.0397. The van der Waals surface area contributed by atoms with Crippen LogP contribution in [0.2, 0.25) is 0 Å². The largest absolute Gasteiger partial charge is 0.378 e. The molecule has 22 heavy (non-hydrogen) atoms. The molecule has 0 N–H and O–H groups in total. The third-order valence-electron chi connectivity index (χ3n) is 4.48. The zero-order chi connectivity index (χ0) is 15.4. The van der Waals surface area contributed by atoms with E-state index in [4.69, 9.17) is 4.74 Å². The number of ether oxygens (including phenoxy) is 1. The van der Waals surface area contributed by atoms with E-state index in [1.54, 1.807) is 0 Å². The van der Waals surface area contributed by atoms with Crippen molar-refractivity contribution >= 4 is 11.8 Å². The van der Waals surface area contributed by atoms with Crippen LogP contribution in [0.1, 0.15) is 23.2 Å². The molecule has 3 rings (SSSR count). The molecule has 0 atom stereocenters. The predicted octanol–water partition coefficient (Wildman–Crippen LogP) is 2.03. The summed E-state index contributed by atoms with van der Waals surface area (Å²) in [6.45, 7) is 3.91. The van der Waals surface area contributed by atoms with Crippen LogP contribution in [0.5, 0.6) is 0 Å². The second kappa shape index (κ2) is 6.92. The number of ketones is 1. The van der Waals surface area contributed by atoms with Crippen LogP contribution in [-0.2, 0) is 4.74 Å². The van der Waals surface area contributed by atoms with Gasteiger partial charge in [-0.1, -0.05) is 30.3 Å². The number of carbonyl (C=O) groups excluding carboxylic acids is 2. The van der Waals surface area contributed by atoms with Gasteiger partial charge in [0, 0.05) is 37.7 Å². The number of amides is 2. The van der Waals surface area contributed by atoms with Gasteiger partial charge in [0.25, 0.3) is 0 Å². The van der Waals surface area contributed by atoms with E-state index in [0.717, 1.165) is 18.4 Å². The number of piperidine rings is 1. The molecule has 1 aromatic carbocycles. The molecule has 2 aliphatic heterocycles. The monoisotopic (exact) mass is 302 g/mol. The Morgan fingerprint density at radius 2 is 1.50 bits per heavy atom. The van der Waals surface area contributed by atoms with Gasteiger partial charge in [-0.05, 0) is 12.8 Å². The van der Waals surface area contributed by atoms with E-state index in [0.29, 0.717) is 39.4 Å². The average molecular weight is 302 g/mol. The smallest absolute Gasteiger partial charge is 0.320 e. The third-order valence-corrected chi connectivity index (χ3v) is 4.48. The Bertz CT molecular complexity index is 518. The van der Waals surface area contributed by atoms with Crippen molar-refractivity contribution in [2.45, 2.75) is 12.8 Å². The number of hydrogen-bond donors (Lipinski definition) is 0. The van der Waals surface area contributed by atoms with Gasteiger partial charge in [0.1, 0.15) is 0 Å². The molecular formula is C17H22N2O3. The Labute approximate surface area is 130 Å². The number of hydrogen-bond acceptors (Lipinski definition) is 3. The third kappa shape index (κ3) is 3.30. The van der Waals surface area contributed by atoms with Crippen LogP contribution in [0.15, 0.2) is 30.3 Å². The molecule has 0 spiro atoms. The minimum Gasteiger partial charge on any atom is -0.378 e. The van der Waals surface area contributed by atoms with Gasteiger partial charge in [-0.3, -0.25) is 4.79 Å². The van der Waals surface area contributed by atoms with Crippen LogP contribution in [0.3, 0.4) is 0 Å². The predicted molar refractivity (Wildman–Crippen MR) is 82.9 cm³/mol. The Hall–Kier alpha value is -1.88. The normalized spacial score (nSPS) is 20.0. The van der Waals surface area contributed by atoms with E-state index >= 15 is 0 Å². The molecule has 2 heterocycles. The topological polar surface area (TPSA) is 49.9 Å². The lowest BCUT2D eigenvalue weighted by Crippen LogP contribution is -2.50. The van der Waals surface area contributed by atoms with Crippen LogP contribution in [0.4, 0.5) is 4.79 Å². The highest BCUT2D eigenvalue weighted by atomic mass is 16.5. The van der Waals surface area contributed by atoms with Gasteiger partial charge in [-0.25, -0.2) is 4.79 Å². The fraction of sp³-hybridized carbons (Fsp3) is 0.529. The fourth-order valence-corrected chi connectivity index (χ4v) is 3.13. The number of rotatable bonds is 2. The summed E-state index contributed by atoms with van der Waals surface area (Å²) in [5.41, 5.74) is 0.778. The zero-order valence-electron chi connectivity index (χ0n) is 12.7. The number of Topliss-reactive ketones (excluding diaryl/α,β-unsaturated/α-hetero) is 1. The minimum absolute atomic E-state index is 0.0381. The van der Waals surface area contributed by atoms with Crippen molar-refractivity contribution in [1.82, 2.24) is 9.80 Å². The molecule has 0 saturated carbocycles. The summed E-state index contributed by atoms with van der Waals surface area (Å²) in [6.07, 6.45) is 1.51. The molecule has 0 bridgehead atoms. The first-order valence-electron chi connectivity index (χ1n) is 7.96. The number of carbonyl (C=O) groups is 2.